The summed E-state index contributed by atoms with van der Waals surface area (Å²) in [6, 6.07) is 7.67. The van der Waals surface area contributed by atoms with E-state index >= 15 is 0 Å². The van der Waals surface area contributed by atoms with Gasteiger partial charge in [-0.15, -0.1) is 0 Å². The Morgan fingerprint density at radius 3 is 2.79 bits per heavy atom. The van der Waals surface area contributed by atoms with E-state index in [4.69, 9.17) is 4.52 Å². The number of fused-ring (bicyclic) bond motifs is 1. The van der Waals surface area contributed by atoms with Crippen LogP contribution in [0.15, 0.2) is 41.2 Å². The highest BCUT2D eigenvalue weighted by Gasteiger charge is 2.25. The first-order chi connectivity index (χ1) is 11.7. The van der Waals surface area contributed by atoms with Crippen LogP contribution in [-0.4, -0.2) is 56.4 Å². The molecule has 124 valence electrons. The molecule has 3 aromatic heterocycles. The van der Waals surface area contributed by atoms with Crippen molar-refractivity contribution in [2.75, 3.05) is 26.2 Å². The van der Waals surface area contributed by atoms with Gasteiger partial charge in [0, 0.05) is 51.2 Å². The molecule has 1 saturated heterocycles. The summed E-state index contributed by atoms with van der Waals surface area (Å²) in [7, 11) is 0. The Kier molecular flexibility index (Phi) is 3.78. The van der Waals surface area contributed by atoms with Crippen molar-refractivity contribution in [1.29, 1.82) is 0 Å². The highest BCUT2D eigenvalue weighted by Crippen LogP contribution is 2.13. The first-order valence-corrected chi connectivity index (χ1v) is 8.06. The van der Waals surface area contributed by atoms with Crippen LogP contribution in [0.3, 0.4) is 0 Å². The molecular formula is C17H19N5O2. The summed E-state index contributed by atoms with van der Waals surface area (Å²) >= 11 is 0. The van der Waals surface area contributed by atoms with Gasteiger partial charge in [-0.25, -0.2) is 4.98 Å². The van der Waals surface area contributed by atoms with E-state index < -0.39 is 0 Å². The minimum Gasteiger partial charge on any atom is -0.351 e. The van der Waals surface area contributed by atoms with Crippen LogP contribution in [0.25, 0.3) is 5.65 Å². The van der Waals surface area contributed by atoms with Gasteiger partial charge in [0.2, 0.25) is 5.76 Å². The van der Waals surface area contributed by atoms with Crippen LogP contribution in [0, 0.1) is 6.92 Å². The van der Waals surface area contributed by atoms with Crippen molar-refractivity contribution in [2.24, 2.45) is 0 Å². The normalized spacial score (nSPS) is 16.0. The third-order valence-electron chi connectivity index (χ3n) is 4.30. The summed E-state index contributed by atoms with van der Waals surface area (Å²) in [4.78, 5) is 21.1. The van der Waals surface area contributed by atoms with Crippen LogP contribution in [0.4, 0.5) is 0 Å². The predicted molar refractivity (Wildman–Crippen MR) is 87.6 cm³/mol. The molecular weight excluding hydrogens is 306 g/mol. The maximum absolute atomic E-state index is 12.4. The number of pyridine rings is 1. The molecule has 1 aliphatic rings. The smallest absolute Gasteiger partial charge is 0.292 e. The Morgan fingerprint density at radius 1 is 1.25 bits per heavy atom. The first kappa shape index (κ1) is 14.9. The highest BCUT2D eigenvalue weighted by atomic mass is 16.5. The van der Waals surface area contributed by atoms with Crippen molar-refractivity contribution in [3.05, 3.63) is 53.8 Å². The predicted octanol–water partition coefficient (Wildman–Crippen LogP) is 1.59. The van der Waals surface area contributed by atoms with E-state index in [0.29, 0.717) is 18.8 Å². The topological polar surface area (TPSA) is 66.9 Å². The zero-order valence-electron chi connectivity index (χ0n) is 13.6. The van der Waals surface area contributed by atoms with Gasteiger partial charge in [-0.1, -0.05) is 11.2 Å². The fraction of sp³-hybridized carbons (Fsp3) is 0.353. The minimum atomic E-state index is -0.0806. The van der Waals surface area contributed by atoms with E-state index in [1.807, 2.05) is 40.6 Å². The average Bonchev–Trinajstić information content (AvgIpc) is 3.20. The van der Waals surface area contributed by atoms with E-state index in [0.717, 1.165) is 36.7 Å². The molecule has 4 heterocycles. The van der Waals surface area contributed by atoms with Gasteiger partial charge >= 0.3 is 0 Å². The quantitative estimate of drug-likeness (QED) is 0.731. The van der Waals surface area contributed by atoms with Crippen LogP contribution in [-0.2, 0) is 6.54 Å². The largest absolute Gasteiger partial charge is 0.351 e. The monoisotopic (exact) mass is 325 g/mol. The molecule has 0 atom stereocenters. The number of nitrogens with zero attached hydrogens (tertiary/aromatic N) is 5. The number of carbonyl (C=O) groups is 1. The second-order valence-electron chi connectivity index (χ2n) is 6.10. The van der Waals surface area contributed by atoms with Gasteiger partial charge in [0.25, 0.3) is 5.91 Å². The molecule has 4 rings (SSSR count). The van der Waals surface area contributed by atoms with Gasteiger partial charge in [-0.2, -0.15) is 0 Å². The lowest BCUT2D eigenvalue weighted by Gasteiger charge is -2.33. The van der Waals surface area contributed by atoms with Crippen LogP contribution in [0.2, 0.25) is 0 Å². The van der Waals surface area contributed by atoms with Crippen LogP contribution in [0.5, 0.6) is 0 Å². The third-order valence-corrected chi connectivity index (χ3v) is 4.30. The summed E-state index contributed by atoms with van der Waals surface area (Å²) in [6.07, 6.45) is 4.06. The number of hydrogen-bond acceptors (Lipinski definition) is 5. The molecule has 7 heteroatoms. The lowest BCUT2D eigenvalue weighted by molar-refractivity contribution is 0.0587. The minimum absolute atomic E-state index is 0.0806. The molecule has 1 aliphatic heterocycles. The number of amides is 1. The number of aryl methyl sites for hydroxylation is 1. The summed E-state index contributed by atoms with van der Waals surface area (Å²) in [6.45, 7) is 5.63. The molecule has 1 fully saturated rings. The van der Waals surface area contributed by atoms with Crippen LogP contribution < -0.4 is 0 Å². The van der Waals surface area contributed by atoms with Crippen molar-refractivity contribution in [3.8, 4) is 0 Å². The van der Waals surface area contributed by atoms with Crippen molar-refractivity contribution < 1.29 is 9.32 Å². The van der Waals surface area contributed by atoms with Crippen LogP contribution >= 0.6 is 0 Å². The van der Waals surface area contributed by atoms with Gasteiger partial charge in [-0.05, 0) is 19.1 Å². The molecule has 0 N–H and O–H groups in total. The van der Waals surface area contributed by atoms with Crippen molar-refractivity contribution in [1.82, 2.24) is 24.3 Å². The first-order valence-electron chi connectivity index (χ1n) is 8.06. The summed E-state index contributed by atoms with van der Waals surface area (Å²) in [5.41, 5.74) is 2.73. The lowest BCUT2D eigenvalue weighted by Crippen LogP contribution is -2.48. The number of piperazine rings is 1. The number of aromatic nitrogens is 3. The molecule has 0 aliphatic carbocycles. The third kappa shape index (κ3) is 2.90. The van der Waals surface area contributed by atoms with Gasteiger partial charge in [0.1, 0.15) is 5.65 Å². The molecule has 1 amide bonds. The van der Waals surface area contributed by atoms with E-state index in [1.54, 1.807) is 6.07 Å². The lowest BCUT2D eigenvalue weighted by atomic mass is 10.2. The Morgan fingerprint density at radius 2 is 2.08 bits per heavy atom. The van der Waals surface area contributed by atoms with Crippen molar-refractivity contribution in [3.63, 3.8) is 0 Å². The van der Waals surface area contributed by atoms with Gasteiger partial charge in [-0.3, -0.25) is 9.69 Å². The SMILES string of the molecule is Cc1cc(C(=O)N2CCN(Cc3cn4ccccc4n3)CC2)on1. The Hall–Kier alpha value is -2.67. The van der Waals surface area contributed by atoms with Gasteiger partial charge in [0.15, 0.2) is 0 Å². The number of hydrogen-bond donors (Lipinski definition) is 0. The Bertz CT molecular complexity index is 828. The van der Waals surface area contributed by atoms with E-state index in [-0.39, 0.29) is 5.91 Å². The van der Waals surface area contributed by atoms with Crippen molar-refractivity contribution in [2.45, 2.75) is 13.5 Å². The number of imidazole rings is 1. The molecule has 3 aromatic rings. The number of carbonyl (C=O) groups excluding carboxylic acids is 1. The standard InChI is InChI=1S/C17H19N5O2/c1-13-10-15(24-19-13)17(23)21-8-6-20(7-9-21)11-14-12-22-5-3-2-4-16(22)18-14/h2-5,10,12H,6-9,11H2,1H3. The Balaban J connectivity index is 1.36. The fourth-order valence-electron chi connectivity index (χ4n) is 3.02. The number of rotatable bonds is 3. The highest BCUT2D eigenvalue weighted by molar-refractivity contribution is 5.91. The van der Waals surface area contributed by atoms with Crippen molar-refractivity contribution >= 4 is 11.6 Å². The maximum Gasteiger partial charge on any atom is 0.292 e. The fourth-order valence-corrected chi connectivity index (χ4v) is 3.02. The Labute approximate surface area is 139 Å². The van der Waals surface area contributed by atoms with E-state index in [9.17, 15) is 4.79 Å². The summed E-state index contributed by atoms with van der Waals surface area (Å²) in [5.74, 6) is 0.240. The maximum atomic E-state index is 12.4. The molecule has 0 saturated carbocycles. The zero-order chi connectivity index (χ0) is 16.5. The van der Waals surface area contributed by atoms with E-state index in [1.165, 1.54) is 0 Å². The molecule has 0 spiro atoms. The summed E-state index contributed by atoms with van der Waals surface area (Å²) < 4.78 is 7.10. The molecule has 7 nitrogen and oxygen atoms in total. The second kappa shape index (κ2) is 6.09. The van der Waals surface area contributed by atoms with Gasteiger partial charge in [0.05, 0.1) is 11.4 Å². The summed E-state index contributed by atoms with van der Waals surface area (Å²) in [5, 5.41) is 3.78. The van der Waals surface area contributed by atoms with Crippen LogP contribution in [0.1, 0.15) is 21.9 Å². The molecule has 24 heavy (non-hydrogen) atoms. The van der Waals surface area contributed by atoms with E-state index in [2.05, 4.69) is 21.2 Å². The average molecular weight is 325 g/mol. The molecule has 0 unspecified atom stereocenters. The van der Waals surface area contributed by atoms with Gasteiger partial charge < -0.3 is 13.8 Å². The second-order valence-corrected chi connectivity index (χ2v) is 6.10. The zero-order valence-corrected chi connectivity index (χ0v) is 13.6. The molecule has 0 radical (unpaired) electrons. The molecule has 0 aromatic carbocycles. The molecule has 0 bridgehead atoms.